The molecule has 0 unspecified atom stereocenters. The molecule has 0 spiro atoms. The van der Waals surface area contributed by atoms with E-state index in [2.05, 4.69) is 4.90 Å². The molecule has 27 heavy (non-hydrogen) atoms. The third kappa shape index (κ3) is 6.67. The standard InChI is InChI=1S/C23H40N2O2/c1-19-20(2)25(27)21(3)22(23(19)26)15-11-8-6-4-5-7-9-12-16-24-17-13-10-14-18-24/h27H,4-18H2,1-3H3. The smallest absolute Gasteiger partial charge is 0.188 e. The van der Waals surface area contributed by atoms with Crippen LogP contribution in [0.4, 0.5) is 0 Å². The molecular weight excluding hydrogens is 336 g/mol. The molecule has 2 heterocycles. The first-order chi connectivity index (χ1) is 13.0. The van der Waals surface area contributed by atoms with Gasteiger partial charge in [0.25, 0.3) is 0 Å². The zero-order valence-electron chi connectivity index (χ0n) is 17.9. The zero-order valence-corrected chi connectivity index (χ0v) is 17.9. The number of piperidine rings is 1. The van der Waals surface area contributed by atoms with Gasteiger partial charge in [0.15, 0.2) is 5.43 Å². The van der Waals surface area contributed by atoms with Crippen LogP contribution in [-0.2, 0) is 6.42 Å². The third-order valence-corrected chi connectivity index (χ3v) is 6.33. The summed E-state index contributed by atoms with van der Waals surface area (Å²) in [5.74, 6) is 0. The van der Waals surface area contributed by atoms with E-state index in [9.17, 15) is 10.0 Å². The summed E-state index contributed by atoms with van der Waals surface area (Å²) in [6.07, 6.45) is 15.2. The molecule has 0 saturated carbocycles. The van der Waals surface area contributed by atoms with E-state index in [0.717, 1.165) is 18.4 Å². The Bertz CT molecular complexity index is 630. The number of pyridine rings is 1. The normalized spacial score (nSPS) is 15.4. The van der Waals surface area contributed by atoms with E-state index in [1.165, 1.54) is 88.6 Å². The van der Waals surface area contributed by atoms with Gasteiger partial charge in [0.2, 0.25) is 0 Å². The summed E-state index contributed by atoms with van der Waals surface area (Å²) in [4.78, 5) is 15.1. The number of hydrogen-bond acceptors (Lipinski definition) is 3. The van der Waals surface area contributed by atoms with Crippen molar-refractivity contribution in [1.82, 2.24) is 9.63 Å². The van der Waals surface area contributed by atoms with Crippen molar-refractivity contribution in [2.45, 2.75) is 97.8 Å². The molecule has 1 aliphatic heterocycles. The van der Waals surface area contributed by atoms with Crippen LogP contribution in [0.15, 0.2) is 4.79 Å². The summed E-state index contributed by atoms with van der Waals surface area (Å²) in [6, 6.07) is 0. The van der Waals surface area contributed by atoms with E-state index in [0.29, 0.717) is 17.0 Å². The van der Waals surface area contributed by atoms with Crippen LogP contribution in [0, 0.1) is 20.8 Å². The molecule has 1 saturated heterocycles. The van der Waals surface area contributed by atoms with Gasteiger partial charge < -0.3 is 10.1 Å². The van der Waals surface area contributed by atoms with Crippen LogP contribution in [0.1, 0.15) is 93.1 Å². The summed E-state index contributed by atoms with van der Waals surface area (Å²) in [6.45, 7) is 9.38. The first kappa shape index (κ1) is 22.0. The SMILES string of the molecule is Cc1c(C)n(O)c(C)c(CCCCCCCCCCN2CCCCC2)c1=O. The van der Waals surface area contributed by atoms with E-state index in [1.54, 1.807) is 13.8 Å². The predicted molar refractivity (Wildman–Crippen MR) is 113 cm³/mol. The predicted octanol–water partition coefficient (Wildman–Crippen LogP) is 5.16. The fourth-order valence-corrected chi connectivity index (χ4v) is 4.27. The van der Waals surface area contributed by atoms with Crippen LogP contribution < -0.4 is 5.43 Å². The number of rotatable bonds is 11. The van der Waals surface area contributed by atoms with Crippen molar-refractivity contribution in [3.8, 4) is 0 Å². The molecule has 1 aromatic rings. The Labute approximate surface area is 165 Å². The van der Waals surface area contributed by atoms with Gasteiger partial charge in [-0.05, 0) is 72.5 Å². The van der Waals surface area contributed by atoms with Gasteiger partial charge in [-0.3, -0.25) is 4.79 Å². The van der Waals surface area contributed by atoms with Crippen molar-refractivity contribution in [3.63, 3.8) is 0 Å². The Morgan fingerprint density at radius 3 is 1.96 bits per heavy atom. The molecule has 0 radical (unpaired) electrons. The maximum atomic E-state index is 12.4. The van der Waals surface area contributed by atoms with E-state index >= 15 is 0 Å². The van der Waals surface area contributed by atoms with Crippen molar-refractivity contribution in [1.29, 1.82) is 0 Å². The molecule has 0 atom stereocenters. The van der Waals surface area contributed by atoms with E-state index in [1.807, 2.05) is 6.92 Å². The van der Waals surface area contributed by atoms with Crippen LogP contribution in [0.2, 0.25) is 0 Å². The first-order valence-corrected chi connectivity index (χ1v) is 11.2. The number of unbranched alkanes of at least 4 members (excludes halogenated alkanes) is 7. The Kier molecular flexibility index (Phi) is 9.40. The van der Waals surface area contributed by atoms with Crippen LogP contribution >= 0.6 is 0 Å². The highest BCUT2D eigenvalue weighted by molar-refractivity contribution is 5.29. The maximum Gasteiger partial charge on any atom is 0.188 e. The van der Waals surface area contributed by atoms with E-state index in [-0.39, 0.29) is 5.43 Å². The van der Waals surface area contributed by atoms with Crippen LogP contribution in [0.5, 0.6) is 0 Å². The number of likely N-dealkylation sites (tertiary alicyclic amines) is 1. The van der Waals surface area contributed by atoms with Crippen LogP contribution in [-0.4, -0.2) is 34.5 Å². The Hall–Kier alpha value is -1.29. The van der Waals surface area contributed by atoms with Gasteiger partial charge >= 0.3 is 0 Å². The molecule has 1 aliphatic rings. The molecule has 154 valence electrons. The van der Waals surface area contributed by atoms with Crippen molar-refractivity contribution < 1.29 is 5.21 Å². The first-order valence-electron chi connectivity index (χ1n) is 11.2. The second-order valence-corrected chi connectivity index (χ2v) is 8.40. The van der Waals surface area contributed by atoms with Gasteiger partial charge in [0.1, 0.15) is 0 Å². The molecule has 0 amide bonds. The average Bonchev–Trinajstić information content (AvgIpc) is 2.69. The highest BCUT2D eigenvalue weighted by atomic mass is 16.5. The summed E-state index contributed by atoms with van der Waals surface area (Å²) in [5, 5.41) is 10.1. The van der Waals surface area contributed by atoms with E-state index in [4.69, 9.17) is 0 Å². The van der Waals surface area contributed by atoms with Crippen molar-refractivity contribution >= 4 is 0 Å². The molecule has 0 aliphatic carbocycles. The van der Waals surface area contributed by atoms with Gasteiger partial charge in [-0.2, -0.15) is 4.73 Å². The van der Waals surface area contributed by atoms with Gasteiger partial charge in [-0.1, -0.05) is 44.9 Å². The summed E-state index contributed by atoms with van der Waals surface area (Å²) in [5.41, 5.74) is 2.93. The average molecular weight is 377 g/mol. The lowest BCUT2D eigenvalue weighted by molar-refractivity contribution is 0.169. The zero-order chi connectivity index (χ0) is 19.6. The monoisotopic (exact) mass is 376 g/mol. The molecule has 2 rings (SSSR count). The Morgan fingerprint density at radius 2 is 1.33 bits per heavy atom. The second kappa shape index (κ2) is 11.5. The lowest BCUT2D eigenvalue weighted by Crippen LogP contribution is -2.30. The quantitative estimate of drug-likeness (QED) is 0.428. The Morgan fingerprint density at radius 1 is 0.778 bits per heavy atom. The van der Waals surface area contributed by atoms with E-state index < -0.39 is 0 Å². The molecular formula is C23H40N2O2. The molecule has 1 N–H and O–H groups in total. The lowest BCUT2D eigenvalue weighted by Gasteiger charge is -2.26. The van der Waals surface area contributed by atoms with Crippen molar-refractivity contribution in [3.05, 3.63) is 32.7 Å². The molecule has 4 nitrogen and oxygen atoms in total. The Balaban J connectivity index is 1.53. The highest BCUT2D eigenvalue weighted by Gasteiger charge is 2.13. The van der Waals surface area contributed by atoms with Crippen LogP contribution in [0.25, 0.3) is 0 Å². The van der Waals surface area contributed by atoms with Crippen molar-refractivity contribution in [2.24, 2.45) is 0 Å². The maximum absolute atomic E-state index is 12.4. The van der Waals surface area contributed by atoms with Gasteiger partial charge in [0.05, 0.1) is 11.4 Å². The number of nitrogens with zero attached hydrogens (tertiary/aromatic N) is 2. The number of aromatic nitrogens is 1. The molecule has 1 fully saturated rings. The molecule has 0 bridgehead atoms. The molecule has 4 heteroatoms. The second-order valence-electron chi connectivity index (χ2n) is 8.40. The van der Waals surface area contributed by atoms with Crippen molar-refractivity contribution in [2.75, 3.05) is 19.6 Å². The number of hydrogen-bond donors (Lipinski definition) is 1. The summed E-state index contributed by atoms with van der Waals surface area (Å²) >= 11 is 0. The highest BCUT2D eigenvalue weighted by Crippen LogP contribution is 2.15. The topological polar surface area (TPSA) is 45.5 Å². The summed E-state index contributed by atoms with van der Waals surface area (Å²) in [7, 11) is 0. The van der Waals surface area contributed by atoms with Crippen LogP contribution in [0.3, 0.4) is 0 Å². The minimum atomic E-state index is 0.115. The minimum absolute atomic E-state index is 0.115. The van der Waals surface area contributed by atoms with Gasteiger partial charge in [-0.25, -0.2) is 0 Å². The fraction of sp³-hybridized carbons (Fsp3) is 0.783. The summed E-state index contributed by atoms with van der Waals surface area (Å²) < 4.78 is 1.18. The van der Waals surface area contributed by atoms with Gasteiger partial charge in [0, 0.05) is 11.1 Å². The third-order valence-electron chi connectivity index (χ3n) is 6.33. The van der Waals surface area contributed by atoms with Gasteiger partial charge in [-0.15, -0.1) is 0 Å². The largest absolute Gasteiger partial charge is 0.428 e. The lowest BCUT2D eigenvalue weighted by atomic mass is 10.0. The minimum Gasteiger partial charge on any atom is -0.428 e. The molecule has 0 aromatic carbocycles. The molecule has 1 aromatic heterocycles. The fourth-order valence-electron chi connectivity index (χ4n) is 4.27.